The van der Waals surface area contributed by atoms with Crippen molar-refractivity contribution in [1.82, 2.24) is 4.98 Å². The second-order valence-electron chi connectivity index (χ2n) is 6.01. The first kappa shape index (κ1) is 18.4. The van der Waals surface area contributed by atoms with Gasteiger partial charge in [0, 0.05) is 17.8 Å². The maximum absolute atomic E-state index is 13.7. The topological polar surface area (TPSA) is 89.5 Å². The number of pyridine rings is 1. The highest BCUT2D eigenvalue weighted by Crippen LogP contribution is 2.34. The number of nitrogens with one attached hydrogen (secondary N) is 2. The van der Waals surface area contributed by atoms with E-state index in [1.54, 1.807) is 18.2 Å². The molecule has 0 aliphatic carbocycles. The highest BCUT2D eigenvalue weighted by molar-refractivity contribution is 6.06. The van der Waals surface area contributed by atoms with Crippen molar-refractivity contribution in [2.24, 2.45) is 0 Å². The summed E-state index contributed by atoms with van der Waals surface area (Å²) in [4.78, 5) is 28.8. The van der Waals surface area contributed by atoms with Crippen molar-refractivity contribution in [2.75, 3.05) is 17.4 Å². The van der Waals surface area contributed by atoms with E-state index < -0.39 is 23.4 Å². The number of hydrogen-bond acceptors (Lipinski definition) is 5. The Morgan fingerprint density at radius 2 is 1.59 bits per heavy atom. The molecule has 29 heavy (non-hydrogen) atoms. The van der Waals surface area contributed by atoms with Crippen molar-refractivity contribution in [3.63, 3.8) is 0 Å². The number of ether oxygens (including phenoxy) is 2. The molecule has 1 aromatic heterocycles. The van der Waals surface area contributed by atoms with Gasteiger partial charge in [-0.1, -0.05) is 6.07 Å². The second kappa shape index (κ2) is 7.55. The van der Waals surface area contributed by atoms with Gasteiger partial charge in [0.25, 0.3) is 11.8 Å². The van der Waals surface area contributed by atoms with Crippen molar-refractivity contribution in [1.29, 1.82) is 0 Å². The third-order valence-electron chi connectivity index (χ3n) is 4.02. The second-order valence-corrected chi connectivity index (χ2v) is 6.01. The minimum Gasteiger partial charge on any atom is -0.454 e. The van der Waals surface area contributed by atoms with Crippen LogP contribution < -0.4 is 20.1 Å². The Balaban J connectivity index is 1.49. The zero-order chi connectivity index (χ0) is 20.4. The molecule has 7 nitrogen and oxygen atoms in total. The minimum absolute atomic E-state index is 0.0186. The largest absolute Gasteiger partial charge is 0.454 e. The minimum atomic E-state index is -0.921. The molecule has 1 aliphatic heterocycles. The van der Waals surface area contributed by atoms with E-state index in [0.29, 0.717) is 23.3 Å². The maximum Gasteiger partial charge on any atom is 0.274 e. The van der Waals surface area contributed by atoms with E-state index in [-0.39, 0.29) is 23.9 Å². The molecule has 0 atom stereocenters. The van der Waals surface area contributed by atoms with E-state index in [1.165, 1.54) is 18.2 Å². The molecule has 0 saturated heterocycles. The Morgan fingerprint density at radius 3 is 2.34 bits per heavy atom. The average Bonchev–Trinajstić information content (AvgIpc) is 3.18. The van der Waals surface area contributed by atoms with Gasteiger partial charge >= 0.3 is 0 Å². The first-order chi connectivity index (χ1) is 14.0. The fraction of sp³-hybridized carbons (Fsp3) is 0.0500. The van der Waals surface area contributed by atoms with Gasteiger partial charge in [-0.25, -0.2) is 13.8 Å². The normalized spacial score (nSPS) is 11.8. The molecule has 2 aromatic carbocycles. The van der Waals surface area contributed by atoms with Crippen LogP contribution in [0.1, 0.15) is 21.0 Å². The lowest BCUT2D eigenvalue weighted by atomic mass is 10.2. The molecular formula is C20H13F2N3O4. The van der Waals surface area contributed by atoms with E-state index in [2.05, 4.69) is 15.6 Å². The quantitative estimate of drug-likeness (QED) is 0.702. The Hall–Kier alpha value is -4.01. The zero-order valence-corrected chi connectivity index (χ0v) is 14.7. The molecule has 2 heterocycles. The number of rotatable bonds is 4. The highest BCUT2D eigenvalue weighted by Gasteiger charge is 2.17. The van der Waals surface area contributed by atoms with Gasteiger partial charge in [-0.15, -0.1) is 0 Å². The molecule has 0 radical (unpaired) electrons. The number of anilines is 2. The first-order valence-corrected chi connectivity index (χ1v) is 8.44. The molecule has 1 aliphatic rings. The standard InChI is InChI=1S/C20H13F2N3O4/c21-11-4-6-14(13(22)8-11)25-20(27)16-3-1-2-15(24-16)19(26)23-12-5-7-17-18(9-12)29-10-28-17/h1-9H,10H2,(H,23,26)(H,25,27). The van der Waals surface area contributed by atoms with E-state index in [0.717, 1.165) is 12.1 Å². The lowest BCUT2D eigenvalue weighted by Crippen LogP contribution is -2.19. The van der Waals surface area contributed by atoms with Gasteiger partial charge in [-0.05, 0) is 36.4 Å². The average molecular weight is 397 g/mol. The van der Waals surface area contributed by atoms with Gasteiger partial charge in [0.15, 0.2) is 11.5 Å². The Labute approximate surface area is 163 Å². The predicted molar refractivity (Wildman–Crippen MR) is 99.1 cm³/mol. The summed E-state index contributed by atoms with van der Waals surface area (Å²) in [6.07, 6.45) is 0. The summed E-state index contributed by atoms with van der Waals surface area (Å²) >= 11 is 0. The van der Waals surface area contributed by atoms with Crippen molar-refractivity contribution in [3.05, 3.63) is 77.6 Å². The van der Waals surface area contributed by atoms with E-state index in [4.69, 9.17) is 9.47 Å². The Morgan fingerprint density at radius 1 is 0.862 bits per heavy atom. The van der Waals surface area contributed by atoms with Crippen LogP contribution in [0.15, 0.2) is 54.6 Å². The van der Waals surface area contributed by atoms with Gasteiger partial charge in [0.05, 0.1) is 5.69 Å². The monoisotopic (exact) mass is 397 g/mol. The third-order valence-corrected chi connectivity index (χ3v) is 4.02. The van der Waals surface area contributed by atoms with E-state index in [9.17, 15) is 18.4 Å². The summed E-state index contributed by atoms with van der Waals surface area (Å²) in [6, 6.07) is 11.9. The number of carbonyl (C=O) groups is 2. The number of amides is 2. The zero-order valence-electron chi connectivity index (χ0n) is 14.7. The number of benzene rings is 2. The summed E-state index contributed by atoms with van der Waals surface area (Å²) in [5, 5.41) is 4.94. The number of nitrogens with zero attached hydrogens (tertiary/aromatic N) is 1. The lowest BCUT2D eigenvalue weighted by Gasteiger charge is -2.08. The molecule has 0 spiro atoms. The number of aromatic nitrogens is 1. The summed E-state index contributed by atoms with van der Waals surface area (Å²) in [5.41, 5.74) is 0.139. The first-order valence-electron chi connectivity index (χ1n) is 8.44. The number of hydrogen-bond donors (Lipinski definition) is 2. The van der Waals surface area contributed by atoms with Gasteiger partial charge < -0.3 is 20.1 Å². The van der Waals surface area contributed by atoms with Crippen LogP contribution >= 0.6 is 0 Å². The van der Waals surface area contributed by atoms with E-state index >= 15 is 0 Å². The molecule has 0 bridgehead atoms. The fourth-order valence-electron chi connectivity index (χ4n) is 2.63. The van der Waals surface area contributed by atoms with Gasteiger partial charge in [0.2, 0.25) is 6.79 Å². The summed E-state index contributed by atoms with van der Waals surface area (Å²) < 4.78 is 37.2. The molecule has 0 saturated carbocycles. The summed E-state index contributed by atoms with van der Waals surface area (Å²) in [6.45, 7) is 0.111. The predicted octanol–water partition coefficient (Wildman–Crippen LogP) is 3.59. The SMILES string of the molecule is O=C(Nc1ccc2c(c1)OCO2)c1cccc(C(=O)Nc2ccc(F)cc2F)n1. The molecule has 2 amide bonds. The number of halogens is 2. The van der Waals surface area contributed by atoms with Crippen molar-refractivity contribution < 1.29 is 27.8 Å². The van der Waals surface area contributed by atoms with Gasteiger partial charge in [-0.3, -0.25) is 9.59 Å². The Bertz CT molecular complexity index is 1120. The molecule has 0 unspecified atom stereocenters. The van der Waals surface area contributed by atoms with Crippen LogP contribution in [0.3, 0.4) is 0 Å². The third kappa shape index (κ3) is 3.98. The van der Waals surface area contributed by atoms with E-state index in [1.807, 2.05) is 0 Å². The van der Waals surface area contributed by atoms with Crippen LogP contribution in [0.25, 0.3) is 0 Å². The lowest BCUT2D eigenvalue weighted by molar-refractivity contribution is 0.101. The van der Waals surface area contributed by atoms with Crippen molar-refractivity contribution >= 4 is 23.2 Å². The molecule has 0 fully saturated rings. The van der Waals surface area contributed by atoms with Gasteiger partial charge in [-0.2, -0.15) is 0 Å². The van der Waals surface area contributed by atoms with Crippen LogP contribution in [-0.4, -0.2) is 23.6 Å². The molecule has 146 valence electrons. The molecule has 4 rings (SSSR count). The van der Waals surface area contributed by atoms with Crippen LogP contribution in [0.5, 0.6) is 11.5 Å². The number of fused-ring (bicyclic) bond motifs is 1. The van der Waals surface area contributed by atoms with Crippen molar-refractivity contribution in [3.8, 4) is 11.5 Å². The molecule has 2 N–H and O–H groups in total. The smallest absolute Gasteiger partial charge is 0.274 e. The van der Waals surface area contributed by atoms with Crippen LogP contribution in [0.2, 0.25) is 0 Å². The Kier molecular flexibility index (Phi) is 4.78. The van der Waals surface area contributed by atoms with Crippen LogP contribution in [0.4, 0.5) is 20.2 Å². The molecular weight excluding hydrogens is 384 g/mol. The van der Waals surface area contributed by atoms with Crippen LogP contribution in [-0.2, 0) is 0 Å². The summed E-state index contributed by atoms with van der Waals surface area (Å²) in [5.74, 6) is -1.89. The highest BCUT2D eigenvalue weighted by atomic mass is 19.1. The van der Waals surface area contributed by atoms with Crippen molar-refractivity contribution in [2.45, 2.75) is 0 Å². The fourth-order valence-corrected chi connectivity index (χ4v) is 2.63. The maximum atomic E-state index is 13.7. The molecule has 3 aromatic rings. The van der Waals surface area contributed by atoms with Crippen LogP contribution in [0, 0.1) is 11.6 Å². The number of carbonyl (C=O) groups excluding carboxylic acids is 2. The van der Waals surface area contributed by atoms with Gasteiger partial charge in [0.1, 0.15) is 23.0 Å². The summed E-state index contributed by atoms with van der Waals surface area (Å²) in [7, 11) is 0. The molecule has 9 heteroatoms.